The van der Waals surface area contributed by atoms with Crippen molar-refractivity contribution in [1.82, 2.24) is 9.55 Å². The van der Waals surface area contributed by atoms with Gasteiger partial charge in [0, 0.05) is 6.07 Å². The molecule has 0 bridgehead atoms. The number of fused-ring (bicyclic) bond motifs is 1. The van der Waals surface area contributed by atoms with Crippen molar-refractivity contribution in [3.8, 4) is 17.2 Å². The summed E-state index contributed by atoms with van der Waals surface area (Å²) in [4.78, 5) is 13.4. The molecule has 1 aromatic heterocycles. The maximum Gasteiger partial charge on any atom is 0.586 e. The van der Waals surface area contributed by atoms with Crippen molar-refractivity contribution in [3.63, 3.8) is 0 Å². The van der Waals surface area contributed by atoms with Crippen molar-refractivity contribution in [1.29, 1.82) is 0 Å². The zero-order valence-corrected chi connectivity index (χ0v) is 9.12. The van der Waals surface area contributed by atoms with Gasteiger partial charge in [-0.15, -0.1) is 8.78 Å². The van der Waals surface area contributed by atoms with Gasteiger partial charge in [-0.25, -0.2) is 0 Å². The molecule has 0 atom stereocenters. The predicted octanol–water partition coefficient (Wildman–Crippen LogP) is 2.10. The standard InChI is InChI=1S/C10H5F2N3O4/c11-10(12)18-7-2-1-6(3-8(7)19-10)14-4-9(13-5-14)15(16)17/h1-5H. The highest BCUT2D eigenvalue weighted by Crippen LogP contribution is 2.41. The second-order valence-electron chi connectivity index (χ2n) is 3.69. The highest BCUT2D eigenvalue weighted by Gasteiger charge is 2.43. The maximum atomic E-state index is 12.8. The van der Waals surface area contributed by atoms with Crippen molar-refractivity contribution in [3.05, 3.63) is 40.8 Å². The maximum absolute atomic E-state index is 12.8. The van der Waals surface area contributed by atoms with Gasteiger partial charge in [0.15, 0.2) is 11.5 Å². The van der Waals surface area contributed by atoms with Gasteiger partial charge in [0.25, 0.3) is 0 Å². The van der Waals surface area contributed by atoms with Crippen LogP contribution in [0.4, 0.5) is 14.6 Å². The Bertz CT molecular complexity index is 671. The normalized spacial score (nSPS) is 15.5. The van der Waals surface area contributed by atoms with Crippen molar-refractivity contribution in [2.45, 2.75) is 6.29 Å². The number of nitro groups is 1. The molecular weight excluding hydrogens is 264 g/mol. The summed E-state index contributed by atoms with van der Waals surface area (Å²) in [5, 5.41) is 10.5. The van der Waals surface area contributed by atoms with Gasteiger partial charge in [-0.3, -0.25) is 4.57 Å². The Labute approximate surface area is 104 Å². The van der Waals surface area contributed by atoms with E-state index in [0.29, 0.717) is 5.69 Å². The van der Waals surface area contributed by atoms with Crippen LogP contribution in [0, 0.1) is 10.1 Å². The molecule has 3 rings (SSSR count). The summed E-state index contributed by atoms with van der Waals surface area (Å²) in [6.07, 6.45) is -1.33. The molecule has 1 aliphatic heterocycles. The lowest BCUT2D eigenvalue weighted by Gasteiger charge is -2.04. The number of halogens is 2. The Morgan fingerprint density at radius 2 is 2.05 bits per heavy atom. The predicted molar refractivity (Wildman–Crippen MR) is 56.4 cm³/mol. The van der Waals surface area contributed by atoms with Crippen LogP contribution in [0.2, 0.25) is 0 Å². The number of aromatic nitrogens is 2. The lowest BCUT2D eigenvalue weighted by molar-refractivity contribution is -0.389. The van der Waals surface area contributed by atoms with Crippen molar-refractivity contribution in [2.75, 3.05) is 0 Å². The Morgan fingerprint density at radius 1 is 1.32 bits per heavy atom. The molecule has 0 fully saturated rings. The summed E-state index contributed by atoms with van der Waals surface area (Å²) in [6, 6.07) is 4.02. The summed E-state index contributed by atoms with van der Waals surface area (Å²) in [7, 11) is 0. The third kappa shape index (κ3) is 1.94. The van der Waals surface area contributed by atoms with Gasteiger partial charge in [0.05, 0.1) is 5.69 Å². The molecule has 0 radical (unpaired) electrons. The summed E-state index contributed by atoms with van der Waals surface area (Å²) >= 11 is 0. The number of rotatable bonds is 2. The quantitative estimate of drug-likeness (QED) is 0.616. The molecule has 2 heterocycles. The third-order valence-corrected chi connectivity index (χ3v) is 2.44. The average Bonchev–Trinajstić information content (AvgIpc) is 2.89. The second kappa shape index (κ2) is 3.64. The highest BCUT2D eigenvalue weighted by atomic mass is 19.3. The molecule has 19 heavy (non-hydrogen) atoms. The van der Waals surface area contributed by atoms with E-state index in [1.807, 2.05) is 0 Å². The minimum Gasteiger partial charge on any atom is -0.395 e. The average molecular weight is 269 g/mol. The second-order valence-corrected chi connectivity index (χ2v) is 3.69. The van der Waals surface area contributed by atoms with Crippen LogP contribution in [0.25, 0.3) is 5.69 Å². The van der Waals surface area contributed by atoms with Crippen LogP contribution in [0.3, 0.4) is 0 Å². The van der Waals surface area contributed by atoms with E-state index in [-0.39, 0.29) is 17.3 Å². The van der Waals surface area contributed by atoms with E-state index >= 15 is 0 Å². The van der Waals surface area contributed by atoms with Crippen LogP contribution in [0.15, 0.2) is 30.7 Å². The van der Waals surface area contributed by atoms with Gasteiger partial charge in [-0.1, -0.05) is 0 Å². The minimum atomic E-state index is -3.69. The van der Waals surface area contributed by atoms with Crippen molar-refractivity contribution < 1.29 is 23.2 Å². The molecule has 0 amide bonds. The smallest absolute Gasteiger partial charge is 0.395 e. The van der Waals surface area contributed by atoms with Crippen LogP contribution in [-0.2, 0) is 0 Å². The zero-order valence-electron chi connectivity index (χ0n) is 9.12. The Hall–Kier alpha value is -2.71. The first-order valence-electron chi connectivity index (χ1n) is 5.03. The number of imidazole rings is 1. The molecule has 0 saturated carbocycles. The molecule has 0 N–H and O–H groups in total. The number of alkyl halides is 2. The van der Waals surface area contributed by atoms with Gasteiger partial charge in [0.1, 0.15) is 6.20 Å². The van der Waals surface area contributed by atoms with Crippen molar-refractivity contribution >= 4 is 5.82 Å². The number of hydrogen-bond donors (Lipinski definition) is 0. The molecule has 0 aliphatic carbocycles. The Kier molecular flexibility index (Phi) is 2.18. The fourth-order valence-electron chi connectivity index (χ4n) is 1.65. The SMILES string of the molecule is O=[N+]([O-])c1cn(-c2ccc3c(c2)OC(F)(F)O3)cn1. The van der Waals surface area contributed by atoms with Gasteiger partial charge in [0.2, 0.25) is 6.33 Å². The first-order chi connectivity index (χ1) is 8.94. The Balaban J connectivity index is 1.97. The lowest BCUT2D eigenvalue weighted by Crippen LogP contribution is -2.25. The largest absolute Gasteiger partial charge is 0.586 e. The number of ether oxygens (including phenoxy) is 2. The van der Waals surface area contributed by atoms with Gasteiger partial charge < -0.3 is 19.6 Å². The number of hydrogen-bond acceptors (Lipinski definition) is 5. The summed E-state index contributed by atoms with van der Waals surface area (Å²) < 4.78 is 35.5. The molecule has 9 heteroatoms. The molecule has 1 aromatic carbocycles. The van der Waals surface area contributed by atoms with Crippen LogP contribution in [0.5, 0.6) is 11.5 Å². The molecule has 7 nitrogen and oxygen atoms in total. The molecule has 0 unspecified atom stereocenters. The summed E-state index contributed by atoms with van der Waals surface area (Å²) in [6.45, 7) is 0. The van der Waals surface area contributed by atoms with Crippen LogP contribution < -0.4 is 9.47 Å². The van der Waals surface area contributed by atoms with E-state index < -0.39 is 11.2 Å². The van der Waals surface area contributed by atoms with Gasteiger partial charge in [-0.2, -0.15) is 0 Å². The summed E-state index contributed by atoms with van der Waals surface area (Å²) in [5.74, 6) is -0.579. The van der Waals surface area contributed by atoms with Crippen LogP contribution in [-0.4, -0.2) is 20.8 Å². The fraction of sp³-hybridized carbons (Fsp3) is 0.100. The monoisotopic (exact) mass is 269 g/mol. The van der Waals surface area contributed by atoms with E-state index in [4.69, 9.17) is 0 Å². The highest BCUT2D eigenvalue weighted by molar-refractivity contribution is 5.50. The van der Waals surface area contributed by atoms with Gasteiger partial charge in [-0.05, 0) is 22.0 Å². The van der Waals surface area contributed by atoms with Crippen LogP contribution in [0.1, 0.15) is 0 Å². The number of benzene rings is 1. The van der Waals surface area contributed by atoms with Crippen molar-refractivity contribution in [2.24, 2.45) is 0 Å². The third-order valence-electron chi connectivity index (χ3n) is 2.44. The van der Waals surface area contributed by atoms with Gasteiger partial charge >= 0.3 is 12.1 Å². The minimum absolute atomic E-state index is 0.0941. The van der Waals surface area contributed by atoms with E-state index in [1.54, 1.807) is 0 Å². The first kappa shape index (κ1) is 11.4. The van der Waals surface area contributed by atoms with Crippen LogP contribution >= 0.6 is 0 Å². The van der Waals surface area contributed by atoms with E-state index in [1.165, 1.54) is 29.1 Å². The molecule has 98 valence electrons. The molecule has 2 aromatic rings. The topological polar surface area (TPSA) is 79.4 Å². The Morgan fingerprint density at radius 3 is 2.74 bits per heavy atom. The zero-order chi connectivity index (χ0) is 13.6. The first-order valence-corrected chi connectivity index (χ1v) is 5.03. The molecular formula is C10H5F2N3O4. The van der Waals surface area contributed by atoms with E-state index in [0.717, 1.165) is 6.20 Å². The summed E-state index contributed by atoms with van der Waals surface area (Å²) in [5.41, 5.74) is 0.389. The number of nitrogens with zero attached hydrogens (tertiary/aromatic N) is 3. The lowest BCUT2D eigenvalue weighted by atomic mass is 10.3. The molecule has 1 aliphatic rings. The molecule has 0 saturated heterocycles. The fourth-order valence-corrected chi connectivity index (χ4v) is 1.65. The van der Waals surface area contributed by atoms with E-state index in [2.05, 4.69) is 14.5 Å². The molecule has 0 spiro atoms. The van der Waals surface area contributed by atoms with E-state index in [9.17, 15) is 18.9 Å².